The molecule has 0 fully saturated rings. The van der Waals surface area contributed by atoms with E-state index in [0.717, 1.165) is 5.39 Å². The number of para-hydroxylation sites is 1. The summed E-state index contributed by atoms with van der Waals surface area (Å²) in [6.45, 7) is 0. The van der Waals surface area contributed by atoms with Crippen LogP contribution in [0.1, 0.15) is 5.56 Å². The highest BCUT2D eigenvalue weighted by atomic mass is 16.5. The number of rotatable bonds is 1. The molecule has 1 aromatic heterocycles. The topological polar surface area (TPSA) is 56.5 Å². The zero-order valence-electron chi connectivity index (χ0n) is 8.30. The van der Waals surface area contributed by atoms with Crippen molar-refractivity contribution in [2.24, 2.45) is 0 Å². The SMILES string of the molecule is O=CC1Cc2c(c3ccccc3oc2=O)O1. The maximum absolute atomic E-state index is 11.6. The number of hydrogen-bond acceptors (Lipinski definition) is 4. The van der Waals surface area contributed by atoms with Crippen LogP contribution >= 0.6 is 0 Å². The molecule has 4 nitrogen and oxygen atoms in total. The summed E-state index contributed by atoms with van der Waals surface area (Å²) in [6.07, 6.45) is 0.434. The minimum Gasteiger partial charge on any atom is -0.481 e. The predicted molar refractivity (Wildman–Crippen MR) is 56.7 cm³/mol. The van der Waals surface area contributed by atoms with Gasteiger partial charge in [-0.1, -0.05) is 12.1 Å². The number of fused-ring (bicyclic) bond motifs is 3. The lowest BCUT2D eigenvalue weighted by Gasteiger charge is -2.04. The zero-order valence-corrected chi connectivity index (χ0v) is 8.30. The Morgan fingerprint density at radius 3 is 2.94 bits per heavy atom. The first kappa shape index (κ1) is 9.15. The van der Waals surface area contributed by atoms with Gasteiger partial charge in [-0.25, -0.2) is 4.79 Å². The summed E-state index contributed by atoms with van der Waals surface area (Å²) >= 11 is 0. The first-order valence-electron chi connectivity index (χ1n) is 4.96. The molecule has 1 aromatic carbocycles. The van der Waals surface area contributed by atoms with Crippen LogP contribution in [0.15, 0.2) is 33.5 Å². The fourth-order valence-electron chi connectivity index (χ4n) is 1.94. The van der Waals surface area contributed by atoms with Crippen LogP contribution < -0.4 is 10.4 Å². The summed E-state index contributed by atoms with van der Waals surface area (Å²) in [5.41, 5.74) is 0.520. The highest BCUT2D eigenvalue weighted by molar-refractivity contribution is 5.85. The third kappa shape index (κ3) is 1.16. The van der Waals surface area contributed by atoms with Gasteiger partial charge in [0.2, 0.25) is 0 Å². The van der Waals surface area contributed by atoms with E-state index in [1.165, 1.54) is 0 Å². The minimum absolute atomic E-state index is 0.298. The second kappa shape index (κ2) is 3.20. The number of carbonyl (C=O) groups excluding carboxylic acids is 1. The van der Waals surface area contributed by atoms with Crippen molar-refractivity contribution in [3.05, 3.63) is 40.2 Å². The molecule has 2 aromatic rings. The first-order valence-corrected chi connectivity index (χ1v) is 4.96. The van der Waals surface area contributed by atoms with Gasteiger partial charge < -0.3 is 9.15 Å². The summed E-state index contributed by atoms with van der Waals surface area (Å²) in [5.74, 6) is 0.490. The van der Waals surface area contributed by atoms with E-state index < -0.39 is 11.7 Å². The Kier molecular flexibility index (Phi) is 1.83. The smallest absolute Gasteiger partial charge is 0.343 e. The third-order valence-corrected chi connectivity index (χ3v) is 2.68. The lowest BCUT2D eigenvalue weighted by Crippen LogP contribution is -2.14. The highest BCUT2D eigenvalue weighted by Gasteiger charge is 2.28. The highest BCUT2D eigenvalue weighted by Crippen LogP contribution is 2.33. The van der Waals surface area contributed by atoms with Crippen molar-refractivity contribution in [3.63, 3.8) is 0 Å². The molecule has 1 atom stereocenters. The number of carbonyl (C=O) groups is 1. The van der Waals surface area contributed by atoms with Crippen LogP contribution in [0, 0.1) is 0 Å². The monoisotopic (exact) mass is 216 g/mol. The second-order valence-electron chi connectivity index (χ2n) is 3.69. The van der Waals surface area contributed by atoms with Gasteiger partial charge in [0.1, 0.15) is 11.3 Å². The van der Waals surface area contributed by atoms with Crippen molar-refractivity contribution in [3.8, 4) is 5.75 Å². The van der Waals surface area contributed by atoms with Gasteiger partial charge in [-0.15, -0.1) is 0 Å². The summed E-state index contributed by atoms with van der Waals surface area (Å²) < 4.78 is 10.6. The molecule has 1 aliphatic heterocycles. The Labute approximate surface area is 90.4 Å². The molecule has 1 unspecified atom stereocenters. The van der Waals surface area contributed by atoms with Gasteiger partial charge in [0.25, 0.3) is 0 Å². The van der Waals surface area contributed by atoms with E-state index in [2.05, 4.69) is 0 Å². The molecular formula is C12H8O4. The zero-order chi connectivity index (χ0) is 11.1. The summed E-state index contributed by atoms with van der Waals surface area (Å²) in [6, 6.07) is 7.13. The van der Waals surface area contributed by atoms with Crippen molar-refractivity contribution in [1.82, 2.24) is 0 Å². The Morgan fingerprint density at radius 1 is 1.31 bits per heavy atom. The lowest BCUT2D eigenvalue weighted by molar-refractivity contribution is -0.113. The molecule has 2 heterocycles. The molecule has 0 radical (unpaired) electrons. The van der Waals surface area contributed by atoms with Crippen LogP contribution in [0.5, 0.6) is 5.75 Å². The van der Waals surface area contributed by atoms with E-state index >= 15 is 0 Å². The second-order valence-corrected chi connectivity index (χ2v) is 3.69. The number of hydrogen-bond donors (Lipinski definition) is 0. The van der Waals surface area contributed by atoms with Crippen molar-refractivity contribution in [2.45, 2.75) is 12.5 Å². The van der Waals surface area contributed by atoms with E-state index in [9.17, 15) is 9.59 Å². The molecule has 80 valence electrons. The molecule has 3 rings (SSSR count). The molecule has 0 aliphatic carbocycles. The quantitative estimate of drug-likeness (QED) is 0.532. The van der Waals surface area contributed by atoms with E-state index in [4.69, 9.17) is 9.15 Å². The van der Waals surface area contributed by atoms with Crippen molar-refractivity contribution >= 4 is 17.3 Å². The van der Waals surface area contributed by atoms with E-state index in [1.54, 1.807) is 12.1 Å². The summed E-state index contributed by atoms with van der Waals surface area (Å²) in [5, 5.41) is 0.737. The number of benzene rings is 1. The standard InChI is InChI=1S/C12H8O4/c13-6-7-5-9-11(15-7)8-3-1-2-4-10(8)16-12(9)14/h1-4,6-7H,5H2. The van der Waals surface area contributed by atoms with E-state index in [1.807, 2.05) is 12.1 Å². The van der Waals surface area contributed by atoms with Crippen molar-refractivity contribution in [1.29, 1.82) is 0 Å². The van der Waals surface area contributed by atoms with Crippen molar-refractivity contribution in [2.75, 3.05) is 0 Å². The molecule has 1 aliphatic rings. The predicted octanol–water partition coefficient (Wildman–Crippen LogP) is 1.30. The summed E-state index contributed by atoms with van der Waals surface area (Å²) in [4.78, 5) is 22.3. The van der Waals surface area contributed by atoms with Crippen LogP contribution in [0.2, 0.25) is 0 Å². The van der Waals surface area contributed by atoms with Crippen molar-refractivity contribution < 1.29 is 13.9 Å². The Hall–Kier alpha value is -2.10. The minimum atomic E-state index is -0.566. The van der Waals surface area contributed by atoms with Gasteiger partial charge in [0.05, 0.1) is 10.9 Å². The molecule has 0 saturated heterocycles. The molecule has 16 heavy (non-hydrogen) atoms. The van der Waals surface area contributed by atoms with E-state index in [-0.39, 0.29) is 0 Å². The largest absolute Gasteiger partial charge is 0.481 e. The average Bonchev–Trinajstić information content (AvgIpc) is 2.74. The van der Waals surface area contributed by atoms with Gasteiger partial charge >= 0.3 is 5.63 Å². The van der Waals surface area contributed by atoms with E-state index in [0.29, 0.717) is 29.6 Å². The van der Waals surface area contributed by atoms with Gasteiger partial charge in [-0.2, -0.15) is 0 Å². The van der Waals surface area contributed by atoms with Crippen LogP contribution in [-0.4, -0.2) is 12.4 Å². The molecule has 0 amide bonds. The number of aldehydes is 1. The Bertz CT molecular complexity index is 626. The molecule has 0 spiro atoms. The molecule has 0 bridgehead atoms. The van der Waals surface area contributed by atoms with Gasteiger partial charge in [0, 0.05) is 6.42 Å². The van der Waals surface area contributed by atoms with Gasteiger partial charge in [-0.3, -0.25) is 4.79 Å². The maximum Gasteiger partial charge on any atom is 0.343 e. The Morgan fingerprint density at radius 2 is 2.12 bits per heavy atom. The normalized spacial score (nSPS) is 18.1. The van der Waals surface area contributed by atoms with Crippen LogP contribution in [0.3, 0.4) is 0 Å². The maximum atomic E-state index is 11.6. The summed E-state index contributed by atoms with van der Waals surface area (Å²) in [7, 11) is 0. The third-order valence-electron chi connectivity index (χ3n) is 2.68. The van der Waals surface area contributed by atoms with Gasteiger partial charge in [-0.05, 0) is 12.1 Å². The number of ether oxygens (including phenoxy) is 1. The Balaban J connectivity index is 2.35. The first-order chi connectivity index (χ1) is 7.79. The fourth-order valence-corrected chi connectivity index (χ4v) is 1.94. The van der Waals surface area contributed by atoms with Crippen LogP contribution in [0.4, 0.5) is 0 Å². The fraction of sp³-hybridized carbons (Fsp3) is 0.167. The van der Waals surface area contributed by atoms with Crippen LogP contribution in [-0.2, 0) is 11.2 Å². The van der Waals surface area contributed by atoms with Crippen LogP contribution in [0.25, 0.3) is 11.0 Å². The molecule has 4 heteroatoms. The lowest BCUT2D eigenvalue weighted by atomic mass is 10.1. The molecule has 0 saturated carbocycles. The molecule has 0 N–H and O–H groups in total. The van der Waals surface area contributed by atoms with Gasteiger partial charge in [0.15, 0.2) is 12.4 Å². The molecular weight excluding hydrogens is 208 g/mol. The average molecular weight is 216 g/mol.